The fourth-order valence-corrected chi connectivity index (χ4v) is 4.27. The summed E-state index contributed by atoms with van der Waals surface area (Å²) in [6, 6.07) is 3.09. The van der Waals surface area contributed by atoms with Gasteiger partial charge in [0, 0.05) is 37.8 Å². The first-order valence-corrected chi connectivity index (χ1v) is 10.2. The smallest absolute Gasteiger partial charge is 0.266 e. The summed E-state index contributed by atoms with van der Waals surface area (Å²) in [7, 11) is -0.870. The first kappa shape index (κ1) is 20.2. The van der Waals surface area contributed by atoms with E-state index < -0.39 is 26.7 Å². The highest BCUT2D eigenvalue weighted by atomic mass is 35.5. The van der Waals surface area contributed by atoms with Gasteiger partial charge in [-0.15, -0.1) is 0 Å². The van der Waals surface area contributed by atoms with Crippen LogP contribution in [0.1, 0.15) is 0 Å². The summed E-state index contributed by atoms with van der Waals surface area (Å²) in [5.74, 6) is -1.72. The number of nitrogens with zero attached hydrogens (tertiary/aromatic N) is 4. The highest BCUT2D eigenvalue weighted by molar-refractivity contribution is 7.93. The molecular formula is C15H13ClF2N6O2S2. The molecule has 0 aliphatic heterocycles. The standard InChI is InChI=1S/C15H13ClF2N6O2S2/c1-24(2)12-5-14(18)19-6-11(12)22-10-4-9(17)13(3-8(10)16)28(25,26)23-15-20-7-21-27-15/h3-7,22H,1-2H3,(H,20,21,23). The summed E-state index contributed by atoms with van der Waals surface area (Å²) in [6.07, 6.45) is 2.39. The van der Waals surface area contributed by atoms with Crippen LogP contribution in [-0.4, -0.2) is 36.9 Å². The first-order valence-electron chi connectivity index (χ1n) is 7.56. The van der Waals surface area contributed by atoms with E-state index in [4.69, 9.17) is 11.6 Å². The van der Waals surface area contributed by atoms with Gasteiger partial charge in [-0.3, -0.25) is 4.72 Å². The number of hydrogen-bond acceptors (Lipinski definition) is 8. The average molecular weight is 447 g/mol. The third-order valence-corrected chi connectivity index (χ3v) is 5.87. The van der Waals surface area contributed by atoms with Gasteiger partial charge in [0.15, 0.2) is 0 Å². The van der Waals surface area contributed by atoms with E-state index >= 15 is 0 Å². The molecule has 0 fully saturated rings. The van der Waals surface area contributed by atoms with Crippen LogP contribution in [0.4, 0.5) is 31.0 Å². The number of benzene rings is 1. The Morgan fingerprint density at radius 2 is 1.89 bits per heavy atom. The summed E-state index contributed by atoms with van der Waals surface area (Å²) in [6.45, 7) is 0. The third kappa shape index (κ3) is 4.29. The molecule has 13 heteroatoms. The number of anilines is 4. The van der Waals surface area contributed by atoms with Crippen molar-refractivity contribution in [2.75, 3.05) is 29.0 Å². The molecule has 2 heterocycles. The molecule has 0 aliphatic rings. The number of nitrogens with one attached hydrogen (secondary N) is 2. The lowest BCUT2D eigenvalue weighted by Crippen LogP contribution is -2.15. The normalized spacial score (nSPS) is 11.3. The molecule has 28 heavy (non-hydrogen) atoms. The maximum atomic E-state index is 14.5. The van der Waals surface area contributed by atoms with Gasteiger partial charge < -0.3 is 10.2 Å². The van der Waals surface area contributed by atoms with Crippen molar-refractivity contribution in [2.45, 2.75) is 4.90 Å². The van der Waals surface area contributed by atoms with E-state index in [2.05, 4.69) is 24.4 Å². The molecule has 8 nitrogen and oxygen atoms in total. The minimum absolute atomic E-state index is 0.00858. The number of halogens is 3. The molecule has 2 N–H and O–H groups in total. The lowest BCUT2D eigenvalue weighted by Gasteiger charge is -2.19. The molecule has 148 valence electrons. The number of rotatable bonds is 6. The topological polar surface area (TPSA) is 100 Å². The van der Waals surface area contributed by atoms with Crippen LogP contribution in [-0.2, 0) is 10.0 Å². The Balaban J connectivity index is 1.95. The monoisotopic (exact) mass is 446 g/mol. The third-order valence-electron chi connectivity index (χ3n) is 3.49. The van der Waals surface area contributed by atoms with Crippen molar-refractivity contribution in [1.29, 1.82) is 0 Å². The van der Waals surface area contributed by atoms with Crippen molar-refractivity contribution in [3.8, 4) is 0 Å². The fraction of sp³-hybridized carbons (Fsp3) is 0.133. The summed E-state index contributed by atoms with van der Waals surface area (Å²) in [4.78, 5) is 8.23. The van der Waals surface area contributed by atoms with E-state index in [0.717, 1.165) is 30.0 Å². The molecule has 0 bridgehead atoms. The lowest BCUT2D eigenvalue weighted by molar-refractivity contribution is 0.570. The van der Waals surface area contributed by atoms with Gasteiger partial charge in [0.2, 0.25) is 11.1 Å². The van der Waals surface area contributed by atoms with Gasteiger partial charge in [-0.2, -0.15) is 8.76 Å². The minimum Gasteiger partial charge on any atom is -0.376 e. The van der Waals surface area contributed by atoms with Crippen molar-refractivity contribution in [1.82, 2.24) is 14.3 Å². The molecule has 0 saturated heterocycles. The molecule has 3 aromatic rings. The predicted molar refractivity (Wildman–Crippen MR) is 104 cm³/mol. The molecular weight excluding hydrogens is 434 g/mol. The van der Waals surface area contributed by atoms with Gasteiger partial charge in [0.25, 0.3) is 10.0 Å². The van der Waals surface area contributed by atoms with E-state index in [0.29, 0.717) is 11.4 Å². The second-order valence-corrected chi connectivity index (χ2v) is 8.50. The molecule has 2 aromatic heterocycles. The zero-order chi connectivity index (χ0) is 20.5. The second kappa shape index (κ2) is 7.81. The Hall–Kier alpha value is -2.57. The van der Waals surface area contributed by atoms with Crippen LogP contribution in [0.2, 0.25) is 5.02 Å². The molecule has 0 unspecified atom stereocenters. The number of sulfonamides is 1. The molecule has 0 amide bonds. The van der Waals surface area contributed by atoms with E-state index in [9.17, 15) is 17.2 Å². The van der Waals surface area contributed by atoms with Gasteiger partial charge in [-0.05, 0) is 6.07 Å². The molecule has 1 aromatic carbocycles. The number of pyridine rings is 1. The molecule has 0 saturated carbocycles. The van der Waals surface area contributed by atoms with E-state index in [-0.39, 0.29) is 15.8 Å². The van der Waals surface area contributed by atoms with Crippen LogP contribution in [0.25, 0.3) is 0 Å². The highest BCUT2D eigenvalue weighted by Gasteiger charge is 2.23. The number of aromatic nitrogens is 3. The van der Waals surface area contributed by atoms with E-state index in [1.54, 1.807) is 19.0 Å². The van der Waals surface area contributed by atoms with Gasteiger partial charge >= 0.3 is 0 Å². The molecule has 3 rings (SSSR count). The van der Waals surface area contributed by atoms with Crippen molar-refractivity contribution < 1.29 is 17.2 Å². The Morgan fingerprint density at radius 1 is 1.14 bits per heavy atom. The van der Waals surface area contributed by atoms with Crippen molar-refractivity contribution in [2.24, 2.45) is 0 Å². The Kier molecular flexibility index (Phi) is 5.63. The van der Waals surface area contributed by atoms with Crippen molar-refractivity contribution >= 4 is 55.4 Å². The van der Waals surface area contributed by atoms with Gasteiger partial charge in [-0.25, -0.2) is 22.8 Å². The SMILES string of the molecule is CN(C)c1cc(F)ncc1Nc1cc(F)c(S(=O)(=O)Nc2ncns2)cc1Cl. The largest absolute Gasteiger partial charge is 0.376 e. The summed E-state index contributed by atoms with van der Waals surface area (Å²) in [5, 5.41) is 2.77. The van der Waals surface area contributed by atoms with Crippen LogP contribution in [0.15, 0.2) is 35.6 Å². The molecule has 0 aliphatic carbocycles. The maximum absolute atomic E-state index is 14.5. The molecule has 0 radical (unpaired) electrons. The van der Waals surface area contributed by atoms with Gasteiger partial charge in [-0.1, -0.05) is 11.6 Å². The molecule has 0 spiro atoms. The quantitative estimate of drug-likeness (QED) is 0.559. The Labute approximate surface area is 168 Å². The van der Waals surface area contributed by atoms with Crippen LogP contribution < -0.4 is 14.9 Å². The zero-order valence-corrected chi connectivity index (χ0v) is 16.8. The minimum atomic E-state index is -4.25. The van der Waals surface area contributed by atoms with Crippen LogP contribution in [0.5, 0.6) is 0 Å². The van der Waals surface area contributed by atoms with E-state index in [1.165, 1.54) is 12.3 Å². The highest BCUT2D eigenvalue weighted by Crippen LogP contribution is 2.34. The summed E-state index contributed by atoms with van der Waals surface area (Å²) in [5.41, 5.74) is 0.888. The maximum Gasteiger partial charge on any atom is 0.266 e. The van der Waals surface area contributed by atoms with Crippen molar-refractivity contribution in [3.63, 3.8) is 0 Å². The van der Waals surface area contributed by atoms with Gasteiger partial charge in [0.1, 0.15) is 17.0 Å². The summed E-state index contributed by atoms with van der Waals surface area (Å²) < 4.78 is 58.5. The Morgan fingerprint density at radius 3 is 2.54 bits per heavy atom. The van der Waals surface area contributed by atoms with Crippen LogP contribution >= 0.6 is 23.1 Å². The second-order valence-electron chi connectivity index (χ2n) is 5.66. The van der Waals surface area contributed by atoms with Crippen LogP contribution in [0.3, 0.4) is 0 Å². The summed E-state index contributed by atoms with van der Waals surface area (Å²) >= 11 is 6.95. The Bertz CT molecular complexity index is 1110. The predicted octanol–water partition coefficient (Wildman–Crippen LogP) is 3.48. The first-order chi connectivity index (χ1) is 13.2. The number of hydrogen-bond donors (Lipinski definition) is 2. The molecule has 0 atom stereocenters. The van der Waals surface area contributed by atoms with Gasteiger partial charge in [0.05, 0.1) is 28.3 Å². The average Bonchev–Trinajstić information content (AvgIpc) is 3.11. The lowest BCUT2D eigenvalue weighted by atomic mass is 10.2. The zero-order valence-electron chi connectivity index (χ0n) is 14.4. The van der Waals surface area contributed by atoms with Crippen LogP contribution in [0, 0.1) is 11.8 Å². The van der Waals surface area contributed by atoms with Crippen molar-refractivity contribution in [3.05, 3.63) is 47.5 Å². The van der Waals surface area contributed by atoms with E-state index in [1.807, 2.05) is 0 Å². The fourth-order valence-electron chi connectivity index (χ4n) is 2.25.